The van der Waals surface area contributed by atoms with Crippen molar-refractivity contribution < 1.29 is 12.8 Å². The summed E-state index contributed by atoms with van der Waals surface area (Å²) < 4.78 is 39.8. The van der Waals surface area contributed by atoms with E-state index in [2.05, 4.69) is 5.32 Å². The fourth-order valence-corrected chi connectivity index (χ4v) is 4.36. The largest absolute Gasteiger partial charge is 0.319 e. The summed E-state index contributed by atoms with van der Waals surface area (Å²) in [6, 6.07) is 3.83. The summed E-state index contributed by atoms with van der Waals surface area (Å²) in [4.78, 5) is 0.214. The van der Waals surface area contributed by atoms with Gasteiger partial charge >= 0.3 is 0 Å². The second-order valence-corrected chi connectivity index (χ2v) is 7.22. The van der Waals surface area contributed by atoms with Crippen molar-refractivity contribution in [1.29, 1.82) is 0 Å². The Kier molecular flexibility index (Phi) is 6.59. The number of halogens is 2. The number of piperidine rings is 1. The second-order valence-electron chi connectivity index (χ2n) is 5.31. The van der Waals surface area contributed by atoms with Crippen molar-refractivity contribution in [2.75, 3.05) is 26.7 Å². The van der Waals surface area contributed by atoms with E-state index >= 15 is 0 Å². The van der Waals surface area contributed by atoms with Gasteiger partial charge in [0.2, 0.25) is 10.0 Å². The zero-order chi connectivity index (χ0) is 14.8. The van der Waals surface area contributed by atoms with Crippen LogP contribution in [-0.4, -0.2) is 39.4 Å². The van der Waals surface area contributed by atoms with Gasteiger partial charge in [0.15, 0.2) is 0 Å². The minimum Gasteiger partial charge on any atom is -0.319 e. The topological polar surface area (TPSA) is 49.4 Å². The predicted molar refractivity (Wildman–Crippen MR) is 83.8 cm³/mol. The zero-order valence-corrected chi connectivity index (χ0v) is 13.9. The van der Waals surface area contributed by atoms with Crippen molar-refractivity contribution in [2.24, 2.45) is 5.92 Å². The minimum atomic E-state index is -3.50. The minimum absolute atomic E-state index is 0. The molecule has 1 aliphatic heterocycles. The molecule has 1 aromatic rings. The van der Waals surface area contributed by atoms with Crippen LogP contribution in [0, 0.1) is 18.7 Å². The zero-order valence-electron chi connectivity index (χ0n) is 12.3. The van der Waals surface area contributed by atoms with E-state index in [-0.39, 0.29) is 17.3 Å². The molecule has 0 radical (unpaired) electrons. The van der Waals surface area contributed by atoms with Gasteiger partial charge in [0.1, 0.15) is 5.82 Å². The Morgan fingerprint density at radius 2 is 1.95 bits per heavy atom. The smallest absolute Gasteiger partial charge is 0.243 e. The number of nitrogens with one attached hydrogen (secondary N) is 1. The van der Waals surface area contributed by atoms with Crippen LogP contribution in [0.3, 0.4) is 0 Å². The highest BCUT2D eigenvalue weighted by Gasteiger charge is 2.30. The van der Waals surface area contributed by atoms with Gasteiger partial charge in [0, 0.05) is 13.1 Å². The maximum atomic E-state index is 13.1. The molecule has 7 heteroatoms. The van der Waals surface area contributed by atoms with Gasteiger partial charge in [-0.25, -0.2) is 12.8 Å². The molecule has 0 saturated carbocycles. The molecule has 2 rings (SSSR count). The van der Waals surface area contributed by atoms with E-state index in [0.29, 0.717) is 24.6 Å². The molecule has 1 aromatic carbocycles. The summed E-state index contributed by atoms with van der Waals surface area (Å²) in [5, 5.41) is 3.13. The van der Waals surface area contributed by atoms with Crippen LogP contribution < -0.4 is 5.32 Å². The number of rotatable bonds is 4. The first-order chi connectivity index (χ1) is 9.45. The molecule has 0 bridgehead atoms. The van der Waals surface area contributed by atoms with Gasteiger partial charge in [-0.05, 0) is 63.0 Å². The second kappa shape index (κ2) is 7.54. The van der Waals surface area contributed by atoms with E-state index in [4.69, 9.17) is 0 Å². The normalized spacial score (nSPS) is 17.5. The van der Waals surface area contributed by atoms with Crippen LogP contribution in [0.1, 0.15) is 18.4 Å². The Labute approximate surface area is 132 Å². The van der Waals surface area contributed by atoms with E-state index in [1.807, 2.05) is 7.05 Å². The van der Waals surface area contributed by atoms with Crippen molar-refractivity contribution in [1.82, 2.24) is 9.62 Å². The number of nitrogens with zero attached hydrogens (tertiary/aromatic N) is 1. The molecule has 0 unspecified atom stereocenters. The van der Waals surface area contributed by atoms with Gasteiger partial charge in [-0.2, -0.15) is 4.31 Å². The third-order valence-corrected chi connectivity index (χ3v) is 5.88. The van der Waals surface area contributed by atoms with Gasteiger partial charge < -0.3 is 5.32 Å². The summed E-state index contributed by atoms with van der Waals surface area (Å²) in [6.45, 7) is 3.62. The molecule has 4 nitrogen and oxygen atoms in total. The predicted octanol–water partition coefficient (Wildman–Crippen LogP) is 2.18. The molecule has 21 heavy (non-hydrogen) atoms. The summed E-state index contributed by atoms with van der Waals surface area (Å²) in [5.41, 5.74) is 0.461. The summed E-state index contributed by atoms with van der Waals surface area (Å²) in [7, 11) is -1.59. The highest BCUT2D eigenvalue weighted by Crippen LogP contribution is 2.25. The van der Waals surface area contributed by atoms with E-state index in [1.54, 1.807) is 6.92 Å². The number of hydrogen-bond acceptors (Lipinski definition) is 3. The molecule has 0 amide bonds. The van der Waals surface area contributed by atoms with E-state index in [9.17, 15) is 12.8 Å². The lowest BCUT2D eigenvalue weighted by atomic mass is 9.98. The standard InChI is InChI=1S/C14H21FN2O2S.ClH/c1-11-9-13(15)3-4-14(11)20(18,19)17-7-5-12(6-8-17)10-16-2;/h3-4,9,12,16H,5-8,10H2,1-2H3;1H. The summed E-state index contributed by atoms with van der Waals surface area (Å²) in [6.07, 6.45) is 1.72. The number of benzene rings is 1. The maximum absolute atomic E-state index is 13.1. The lowest BCUT2D eigenvalue weighted by Crippen LogP contribution is -2.40. The van der Waals surface area contributed by atoms with Crippen LogP contribution in [0.2, 0.25) is 0 Å². The van der Waals surface area contributed by atoms with E-state index < -0.39 is 15.8 Å². The fourth-order valence-electron chi connectivity index (χ4n) is 2.68. The third-order valence-electron chi connectivity index (χ3n) is 3.82. The van der Waals surface area contributed by atoms with Crippen molar-refractivity contribution in [3.8, 4) is 0 Å². The highest BCUT2D eigenvalue weighted by atomic mass is 35.5. The first kappa shape index (κ1) is 18.4. The summed E-state index contributed by atoms with van der Waals surface area (Å²) >= 11 is 0. The quantitative estimate of drug-likeness (QED) is 0.916. The number of sulfonamides is 1. The highest BCUT2D eigenvalue weighted by molar-refractivity contribution is 7.89. The first-order valence-corrected chi connectivity index (χ1v) is 8.30. The Morgan fingerprint density at radius 3 is 2.48 bits per heavy atom. The van der Waals surface area contributed by atoms with Gasteiger partial charge in [0.05, 0.1) is 4.90 Å². The number of aryl methyl sites for hydroxylation is 1. The Morgan fingerprint density at radius 1 is 1.33 bits per heavy atom. The lowest BCUT2D eigenvalue weighted by molar-refractivity contribution is 0.270. The first-order valence-electron chi connectivity index (χ1n) is 6.86. The van der Waals surface area contributed by atoms with Crippen molar-refractivity contribution >= 4 is 22.4 Å². The molecular weight excluding hydrogens is 315 g/mol. The molecule has 1 aliphatic rings. The molecular formula is C14H22ClFN2O2S. The monoisotopic (exact) mass is 336 g/mol. The van der Waals surface area contributed by atoms with Crippen LogP contribution in [0.5, 0.6) is 0 Å². The average Bonchev–Trinajstić information content (AvgIpc) is 2.39. The van der Waals surface area contributed by atoms with Gasteiger partial charge in [-0.1, -0.05) is 0 Å². The van der Waals surface area contributed by atoms with Crippen LogP contribution in [0.15, 0.2) is 23.1 Å². The summed E-state index contributed by atoms with van der Waals surface area (Å²) in [5.74, 6) is 0.120. The molecule has 120 valence electrons. The fraction of sp³-hybridized carbons (Fsp3) is 0.571. The lowest BCUT2D eigenvalue weighted by Gasteiger charge is -2.31. The van der Waals surface area contributed by atoms with Crippen LogP contribution in [0.4, 0.5) is 4.39 Å². The van der Waals surface area contributed by atoms with Crippen LogP contribution >= 0.6 is 12.4 Å². The van der Waals surface area contributed by atoms with Gasteiger partial charge in [-0.3, -0.25) is 0 Å². The van der Waals surface area contributed by atoms with Crippen LogP contribution in [0.25, 0.3) is 0 Å². The average molecular weight is 337 g/mol. The third kappa shape index (κ3) is 4.16. The van der Waals surface area contributed by atoms with Gasteiger partial charge in [-0.15, -0.1) is 12.4 Å². The Balaban J connectivity index is 0.00000220. The van der Waals surface area contributed by atoms with E-state index in [0.717, 1.165) is 19.4 Å². The SMILES string of the molecule is CNCC1CCN(S(=O)(=O)c2ccc(F)cc2C)CC1.Cl. The Bertz CT molecular complexity index is 572. The van der Waals surface area contributed by atoms with E-state index in [1.165, 1.54) is 22.5 Å². The maximum Gasteiger partial charge on any atom is 0.243 e. The van der Waals surface area contributed by atoms with Crippen LogP contribution in [-0.2, 0) is 10.0 Å². The Hall–Kier alpha value is -0.690. The number of hydrogen-bond donors (Lipinski definition) is 1. The van der Waals surface area contributed by atoms with Crippen molar-refractivity contribution in [3.63, 3.8) is 0 Å². The van der Waals surface area contributed by atoms with Gasteiger partial charge in [0.25, 0.3) is 0 Å². The molecule has 1 N–H and O–H groups in total. The molecule has 0 aliphatic carbocycles. The van der Waals surface area contributed by atoms with Crippen molar-refractivity contribution in [2.45, 2.75) is 24.7 Å². The van der Waals surface area contributed by atoms with Crippen molar-refractivity contribution in [3.05, 3.63) is 29.6 Å². The molecule has 0 atom stereocenters. The molecule has 1 heterocycles. The molecule has 0 aromatic heterocycles. The molecule has 0 spiro atoms. The molecule has 1 fully saturated rings. The molecule has 1 saturated heterocycles.